The quantitative estimate of drug-likeness (QED) is 0.735. The fraction of sp³-hybridized carbons (Fsp3) is 0.381. The highest BCUT2D eigenvalue weighted by molar-refractivity contribution is 7.12. The first-order valence-corrected chi connectivity index (χ1v) is 10.5. The standard InChI is InChI=1S/C21H21N3O3S/c1-27-21(13-6-2-3-7-13)10-4-8-14-17-15(12-22-18(14)21)19(25)24(20(26)23-17)16-9-5-11-28-16/h4-5,8-9,11-13H,2-3,6-7,10H2,1H3,(H,23,26). The number of nitrogens with zero attached hydrogens (tertiary/aromatic N) is 2. The van der Waals surface area contributed by atoms with Gasteiger partial charge in [-0.3, -0.25) is 9.78 Å². The second-order valence-corrected chi connectivity index (χ2v) is 8.44. The van der Waals surface area contributed by atoms with Crippen LogP contribution < -0.4 is 11.2 Å². The van der Waals surface area contributed by atoms with Crippen molar-refractivity contribution in [2.75, 3.05) is 7.11 Å². The number of methoxy groups -OCH3 is 1. The fourth-order valence-electron chi connectivity index (χ4n) is 4.84. The van der Waals surface area contributed by atoms with Crippen LogP contribution >= 0.6 is 11.3 Å². The molecule has 144 valence electrons. The van der Waals surface area contributed by atoms with Crippen LogP contribution in [0.25, 0.3) is 22.0 Å². The molecular formula is C21H21N3O3S. The van der Waals surface area contributed by atoms with Gasteiger partial charge in [-0.25, -0.2) is 9.36 Å². The normalized spacial score (nSPS) is 22.0. The van der Waals surface area contributed by atoms with E-state index in [1.807, 2.05) is 17.5 Å². The summed E-state index contributed by atoms with van der Waals surface area (Å²) in [6, 6.07) is 3.58. The van der Waals surface area contributed by atoms with E-state index in [-0.39, 0.29) is 5.56 Å². The van der Waals surface area contributed by atoms with Gasteiger partial charge < -0.3 is 9.72 Å². The maximum Gasteiger partial charge on any atom is 0.334 e. The van der Waals surface area contributed by atoms with Crippen LogP contribution in [-0.2, 0) is 10.3 Å². The number of thiophene rings is 1. The lowest BCUT2D eigenvalue weighted by molar-refractivity contribution is -0.0650. The Labute approximate surface area is 165 Å². The van der Waals surface area contributed by atoms with Crippen LogP contribution in [0.3, 0.4) is 0 Å². The molecule has 0 amide bonds. The van der Waals surface area contributed by atoms with E-state index < -0.39 is 11.3 Å². The summed E-state index contributed by atoms with van der Waals surface area (Å²) in [6.45, 7) is 0. The number of nitrogens with one attached hydrogen (secondary N) is 1. The lowest BCUT2D eigenvalue weighted by atomic mass is 9.75. The molecule has 2 aliphatic carbocycles. The molecule has 0 spiro atoms. The van der Waals surface area contributed by atoms with Crippen LogP contribution in [0.5, 0.6) is 0 Å². The molecule has 1 unspecified atom stereocenters. The van der Waals surface area contributed by atoms with Crippen LogP contribution in [0, 0.1) is 5.92 Å². The number of pyridine rings is 1. The van der Waals surface area contributed by atoms with E-state index in [0.717, 1.165) is 30.5 Å². The topological polar surface area (TPSA) is 77.0 Å². The van der Waals surface area contributed by atoms with E-state index in [4.69, 9.17) is 9.72 Å². The summed E-state index contributed by atoms with van der Waals surface area (Å²) in [5.74, 6) is 0.393. The molecule has 1 atom stereocenters. The van der Waals surface area contributed by atoms with Gasteiger partial charge in [-0.1, -0.05) is 25.0 Å². The van der Waals surface area contributed by atoms with Crippen molar-refractivity contribution < 1.29 is 4.74 Å². The summed E-state index contributed by atoms with van der Waals surface area (Å²) in [5.41, 5.74) is 0.901. The number of rotatable bonds is 3. The summed E-state index contributed by atoms with van der Waals surface area (Å²) in [4.78, 5) is 33.5. The predicted octanol–water partition coefficient (Wildman–Crippen LogP) is 3.58. The first-order valence-electron chi connectivity index (χ1n) is 9.60. The minimum absolute atomic E-state index is 0.348. The van der Waals surface area contributed by atoms with Crippen molar-refractivity contribution in [3.63, 3.8) is 0 Å². The Bertz CT molecular complexity index is 1190. The van der Waals surface area contributed by atoms with Gasteiger partial charge in [-0.2, -0.15) is 0 Å². The van der Waals surface area contributed by atoms with Crippen LogP contribution in [0.15, 0.2) is 39.4 Å². The number of fused-ring (bicyclic) bond motifs is 3. The van der Waals surface area contributed by atoms with Crippen LogP contribution in [0.2, 0.25) is 0 Å². The first kappa shape index (κ1) is 17.6. The lowest BCUT2D eigenvalue weighted by Crippen LogP contribution is -2.39. The molecule has 7 heteroatoms. The fourth-order valence-corrected chi connectivity index (χ4v) is 5.57. The van der Waals surface area contributed by atoms with Crippen molar-refractivity contribution in [3.05, 3.63) is 61.9 Å². The van der Waals surface area contributed by atoms with Gasteiger partial charge in [0.05, 0.1) is 16.6 Å². The molecular weight excluding hydrogens is 374 g/mol. The highest BCUT2D eigenvalue weighted by Gasteiger charge is 2.45. The maximum atomic E-state index is 13.1. The zero-order valence-electron chi connectivity index (χ0n) is 15.6. The Morgan fingerprint density at radius 1 is 1.32 bits per heavy atom. The van der Waals surface area contributed by atoms with Gasteiger partial charge in [0.15, 0.2) is 0 Å². The van der Waals surface area contributed by atoms with E-state index in [2.05, 4.69) is 11.1 Å². The van der Waals surface area contributed by atoms with Crippen LogP contribution in [0.1, 0.15) is 43.4 Å². The number of aromatic nitrogens is 3. The molecule has 0 aliphatic heterocycles. The molecule has 2 aliphatic rings. The maximum absolute atomic E-state index is 13.1. The zero-order chi connectivity index (χ0) is 19.3. The van der Waals surface area contributed by atoms with Crippen molar-refractivity contribution in [2.45, 2.75) is 37.7 Å². The summed E-state index contributed by atoms with van der Waals surface area (Å²) in [5, 5.41) is 2.85. The Morgan fingerprint density at radius 2 is 2.14 bits per heavy atom. The molecule has 1 N–H and O–H groups in total. The monoisotopic (exact) mass is 395 g/mol. The van der Waals surface area contributed by atoms with E-state index in [1.54, 1.807) is 19.4 Å². The van der Waals surface area contributed by atoms with Gasteiger partial charge in [0.1, 0.15) is 10.6 Å². The van der Waals surface area contributed by atoms with E-state index in [0.29, 0.717) is 21.8 Å². The van der Waals surface area contributed by atoms with Gasteiger partial charge in [0.2, 0.25) is 0 Å². The molecule has 5 rings (SSSR count). The Balaban J connectivity index is 1.78. The molecule has 28 heavy (non-hydrogen) atoms. The Kier molecular flexibility index (Phi) is 4.10. The Hall–Kier alpha value is -2.51. The van der Waals surface area contributed by atoms with Crippen molar-refractivity contribution >= 4 is 28.3 Å². The number of hydrogen-bond donors (Lipinski definition) is 1. The van der Waals surface area contributed by atoms with Crippen molar-refractivity contribution in [3.8, 4) is 5.00 Å². The minimum Gasteiger partial charge on any atom is -0.371 e. The summed E-state index contributed by atoms with van der Waals surface area (Å²) in [7, 11) is 1.74. The smallest absolute Gasteiger partial charge is 0.334 e. The van der Waals surface area contributed by atoms with Gasteiger partial charge in [0.25, 0.3) is 5.56 Å². The van der Waals surface area contributed by atoms with E-state index >= 15 is 0 Å². The van der Waals surface area contributed by atoms with Gasteiger partial charge in [-0.05, 0) is 36.3 Å². The van der Waals surface area contributed by atoms with Gasteiger partial charge >= 0.3 is 5.69 Å². The number of H-pyrrole nitrogens is 1. The molecule has 0 saturated heterocycles. The molecule has 0 aromatic carbocycles. The first-order chi connectivity index (χ1) is 13.7. The highest BCUT2D eigenvalue weighted by atomic mass is 32.1. The summed E-state index contributed by atoms with van der Waals surface area (Å²) < 4.78 is 7.27. The number of ether oxygens (including phenoxy) is 1. The minimum atomic E-state index is -0.492. The highest BCUT2D eigenvalue weighted by Crippen LogP contribution is 2.48. The second kappa shape index (κ2) is 6.53. The molecule has 3 aromatic rings. The number of hydrogen-bond acceptors (Lipinski definition) is 5. The van der Waals surface area contributed by atoms with Crippen molar-refractivity contribution in [1.29, 1.82) is 0 Å². The molecule has 0 radical (unpaired) electrons. The third-order valence-corrected chi connectivity index (χ3v) is 7.05. The third-order valence-electron chi connectivity index (χ3n) is 6.20. The Morgan fingerprint density at radius 3 is 2.86 bits per heavy atom. The summed E-state index contributed by atoms with van der Waals surface area (Å²) in [6.07, 6.45) is 11.0. The summed E-state index contributed by atoms with van der Waals surface area (Å²) >= 11 is 1.35. The SMILES string of the molecule is COC1(C2CCCC2)CC=Cc2c1ncc1c(=O)n(-c3cccs3)c(=O)[nH]c21. The van der Waals surface area contributed by atoms with Crippen molar-refractivity contribution in [1.82, 2.24) is 14.5 Å². The molecule has 1 saturated carbocycles. The van der Waals surface area contributed by atoms with E-state index in [9.17, 15) is 9.59 Å². The van der Waals surface area contributed by atoms with Gasteiger partial charge in [-0.15, -0.1) is 11.3 Å². The zero-order valence-corrected chi connectivity index (χ0v) is 16.4. The molecule has 0 bridgehead atoms. The molecule has 6 nitrogen and oxygen atoms in total. The molecule has 3 aromatic heterocycles. The van der Waals surface area contributed by atoms with Crippen LogP contribution in [-0.4, -0.2) is 21.6 Å². The van der Waals surface area contributed by atoms with E-state index in [1.165, 1.54) is 28.7 Å². The van der Waals surface area contributed by atoms with Crippen molar-refractivity contribution in [2.24, 2.45) is 5.92 Å². The average molecular weight is 395 g/mol. The largest absolute Gasteiger partial charge is 0.371 e. The van der Waals surface area contributed by atoms with Crippen LogP contribution in [0.4, 0.5) is 0 Å². The average Bonchev–Trinajstić information content (AvgIpc) is 3.42. The third kappa shape index (κ3) is 2.39. The second-order valence-electron chi connectivity index (χ2n) is 7.51. The van der Waals surface area contributed by atoms with Gasteiger partial charge in [0, 0.05) is 25.3 Å². The predicted molar refractivity (Wildman–Crippen MR) is 110 cm³/mol. The molecule has 3 heterocycles. The number of aromatic amines is 1. The lowest BCUT2D eigenvalue weighted by Gasteiger charge is -2.39. The molecule has 1 fully saturated rings.